The van der Waals surface area contributed by atoms with Gasteiger partial charge in [0.1, 0.15) is 0 Å². The second-order valence-corrected chi connectivity index (χ2v) is 4.72. The molecule has 2 rings (SSSR count). The Morgan fingerprint density at radius 1 is 1.53 bits per heavy atom. The molecule has 2 aromatic heterocycles. The number of nitrogens with zero attached hydrogens (tertiary/aromatic N) is 2. The summed E-state index contributed by atoms with van der Waals surface area (Å²) in [4.78, 5) is 0. The fourth-order valence-corrected chi connectivity index (χ4v) is 2.44. The van der Waals surface area contributed by atoms with Crippen LogP contribution in [0.1, 0.15) is 17.3 Å². The second-order valence-electron chi connectivity index (χ2n) is 3.97. The standard InChI is InChI=1S/C12H15Cl2N3O2/c1-15-10(8-3-5-19-12(8)14)11-9(13)7-16-17(11)4-6-18-2/h3,5,7,10,15H,4,6H2,1-2H3. The average molecular weight is 304 g/mol. The molecule has 0 saturated heterocycles. The van der Waals surface area contributed by atoms with Crippen LogP contribution in [0.15, 0.2) is 22.9 Å². The average Bonchev–Trinajstić information content (AvgIpc) is 2.97. The van der Waals surface area contributed by atoms with E-state index in [2.05, 4.69) is 10.4 Å². The number of hydrogen-bond donors (Lipinski definition) is 1. The van der Waals surface area contributed by atoms with Crippen molar-refractivity contribution < 1.29 is 9.15 Å². The van der Waals surface area contributed by atoms with Crippen LogP contribution in [-0.2, 0) is 11.3 Å². The summed E-state index contributed by atoms with van der Waals surface area (Å²) in [6, 6.07) is 1.63. The molecule has 7 heteroatoms. The molecule has 0 amide bonds. The molecule has 1 atom stereocenters. The lowest BCUT2D eigenvalue weighted by Gasteiger charge is -2.17. The third kappa shape index (κ3) is 2.95. The molecule has 0 aliphatic carbocycles. The molecular weight excluding hydrogens is 289 g/mol. The number of rotatable bonds is 6. The molecule has 1 unspecified atom stereocenters. The van der Waals surface area contributed by atoms with Crippen molar-refractivity contribution in [2.45, 2.75) is 12.6 Å². The van der Waals surface area contributed by atoms with Gasteiger partial charge in [0.15, 0.2) is 5.22 Å². The Labute approximate surface area is 121 Å². The van der Waals surface area contributed by atoms with Crippen LogP contribution in [0.4, 0.5) is 0 Å². The zero-order valence-electron chi connectivity index (χ0n) is 10.7. The number of ether oxygens (including phenoxy) is 1. The summed E-state index contributed by atoms with van der Waals surface area (Å²) < 4.78 is 12.0. The van der Waals surface area contributed by atoms with Gasteiger partial charge < -0.3 is 14.5 Å². The Morgan fingerprint density at radius 3 is 2.89 bits per heavy atom. The molecule has 2 aromatic rings. The van der Waals surface area contributed by atoms with Gasteiger partial charge in [0.2, 0.25) is 0 Å². The van der Waals surface area contributed by atoms with Crippen LogP contribution in [0.25, 0.3) is 0 Å². The van der Waals surface area contributed by atoms with Crippen LogP contribution in [0.5, 0.6) is 0 Å². The molecule has 0 spiro atoms. The van der Waals surface area contributed by atoms with E-state index in [0.717, 1.165) is 11.3 Å². The van der Waals surface area contributed by atoms with E-state index in [9.17, 15) is 0 Å². The number of halogens is 2. The van der Waals surface area contributed by atoms with Gasteiger partial charge in [-0.2, -0.15) is 5.10 Å². The van der Waals surface area contributed by atoms with E-state index in [4.69, 9.17) is 32.4 Å². The van der Waals surface area contributed by atoms with Crippen LogP contribution in [0.3, 0.4) is 0 Å². The van der Waals surface area contributed by atoms with Crippen molar-refractivity contribution in [1.29, 1.82) is 0 Å². The van der Waals surface area contributed by atoms with E-state index in [1.807, 2.05) is 13.1 Å². The summed E-state index contributed by atoms with van der Waals surface area (Å²) in [5.41, 5.74) is 1.66. The first-order chi connectivity index (χ1) is 9.19. The van der Waals surface area contributed by atoms with Gasteiger partial charge in [0.05, 0.1) is 42.4 Å². The van der Waals surface area contributed by atoms with E-state index in [1.54, 1.807) is 24.3 Å². The second kappa shape index (κ2) is 6.43. The van der Waals surface area contributed by atoms with Crippen molar-refractivity contribution in [1.82, 2.24) is 15.1 Å². The first-order valence-electron chi connectivity index (χ1n) is 5.79. The van der Waals surface area contributed by atoms with Gasteiger partial charge >= 0.3 is 0 Å². The Morgan fingerprint density at radius 2 is 2.32 bits per heavy atom. The Kier molecular flexibility index (Phi) is 4.87. The lowest BCUT2D eigenvalue weighted by Crippen LogP contribution is -2.22. The first kappa shape index (κ1) is 14.4. The molecule has 0 aliphatic heterocycles. The largest absolute Gasteiger partial charge is 0.453 e. The SMILES string of the molecule is CNC(c1ccoc1Cl)c1c(Cl)cnn1CCOC. The maximum atomic E-state index is 6.23. The van der Waals surface area contributed by atoms with Crippen molar-refractivity contribution >= 4 is 23.2 Å². The van der Waals surface area contributed by atoms with Crippen LogP contribution >= 0.6 is 23.2 Å². The molecule has 5 nitrogen and oxygen atoms in total. The summed E-state index contributed by atoms with van der Waals surface area (Å²) in [7, 11) is 3.48. The quantitative estimate of drug-likeness (QED) is 0.891. The van der Waals surface area contributed by atoms with E-state index in [0.29, 0.717) is 23.4 Å². The highest BCUT2D eigenvalue weighted by molar-refractivity contribution is 6.31. The van der Waals surface area contributed by atoms with Gasteiger partial charge in [-0.1, -0.05) is 11.6 Å². The number of aromatic nitrogens is 2. The highest BCUT2D eigenvalue weighted by Gasteiger charge is 2.24. The number of methoxy groups -OCH3 is 1. The van der Waals surface area contributed by atoms with Crippen LogP contribution in [0, 0.1) is 0 Å². The fourth-order valence-electron chi connectivity index (χ4n) is 1.96. The van der Waals surface area contributed by atoms with E-state index in [1.165, 1.54) is 0 Å². The lowest BCUT2D eigenvalue weighted by molar-refractivity contribution is 0.182. The highest BCUT2D eigenvalue weighted by atomic mass is 35.5. The minimum absolute atomic E-state index is 0.182. The van der Waals surface area contributed by atoms with Gasteiger partial charge in [-0.05, 0) is 24.7 Å². The van der Waals surface area contributed by atoms with Gasteiger partial charge in [0.25, 0.3) is 0 Å². The van der Waals surface area contributed by atoms with Crippen LogP contribution in [0.2, 0.25) is 10.2 Å². The monoisotopic (exact) mass is 303 g/mol. The van der Waals surface area contributed by atoms with Gasteiger partial charge in [-0.3, -0.25) is 4.68 Å². The third-order valence-electron chi connectivity index (χ3n) is 2.86. The minimum Gasteiger partial charge on any atom is -0.453 e. The highest BCUT2D eigenvalue weighted by Crippen LogP contribution is 2.32. The van der Waals surface area contributed by atoms with E-state index >= 15 is 0 Å². The van der Waals surface area contributed by atoms with Crippen LogP contribution in [-0.4, -0.2) is 30.5 Å². The van der Waals surface area contributed by atoms with Crippen molar-refractivity contribution in [2.75, 3.05) is 20.8 Å². The molecule has 0 bridgehead atoms. The molecule has 0 aliphatic rings. The zero-order chi connectivity index (χ0) is 13.8. The van der Waals surface area contributed by atoms with Gasteiger partial charge in [0, 0.05) is 12.7 Å². The molecule has 0 fully saturated rings. The first-order valence-corrected chi connectivity index (χ1v) is 6.55. The molecule has 0 radical (unpaired) electrons. The number of furan rings is 1. The van der Waals surface area contributed by atoms with Crippen molar-refractivity contribution in [3.8, 4) is 0 Å². The van der Waals surface area contributed by atoms with Crippen molar-refractivity contribution in [3.63, 3.8) is 0 Å². The molecular formula is C12H15Cl2N3O2. The Bertz CT molecular complexity index is 539. The zero-order valence-corrected chi connectivity index (χ0v) is 12.2. The lowest BCUT2D eigenvalue weighted by atomic mass is 10.1. The Balaban J connectivity index is 2.38. The summed E-state index contributed by atoms with van der Waals surface area (Å²) in [5.74, 6) is 0. The summed E-state index contributed by atoms with van der Waals surface area (Å²) in [5, 5.41) is 8.35. The van der Waals surface area contributed by atoms with Gasteiger partial charge in [-0.25, -0.2) is 0 Å². The Hall–Kier alpha value is -1.01. The van der Waals surface area contributed by atoms with E-state index in [-0.39, 0.29) is 6.04 Å². The maximum Gasteiger partial charge on any atom is 0.198 e. The number of hydrogen-bond acceptors (Lipinski definition) is 4. The normalized spacial score (nSPS) is 12.8. The van der Waals surface area contributed by atoms with E-state index < -0.39 is 0 Å². The molecule has 1 N–H and O–H groups in total. The van der Waals surface area contributed by atoms with Crippen molar-refractivity contribution in [3.05, 3.63) is 40.0 Å². The third-order valence-corrected chi connectivity index (χ3v) is 3.46. The maximum absolute atomic E-state index is 6.23. The fraction of sp³-hybridized carbons (Fsp3) is 0.417. The predicted octanol–water partition coefficient (Wildman–Crippen LogP) is 2.74. The number of nitrogens with one attached hydrogen (secondary N) is 1. The van der Waals surface area contributed by atoms with Gasteiger partial charge in [-0.15, -0.1) is 0 Å². The summed E-state index contributed by atoms with van der Waals surface area (Å²) >= 11 is 12.3. The topological polar surface area (TPSA) is 52.2 Å². The summed E-state index contributed by atoms with van der Waals surface area (Å²) in [6.07, 6.45) is 3.16. The van der Waals surface area contributed by atoms with Crippen molar-refractivity contribution in [2.24, 2.45) is 0 Å². The molecule has 0 saturated carbocycles. The molecule has 104 valence electrons. The van der Waals surface area contributed by atoms with Crippen LogP contribution < -0.4 is 5.32 Å². The molecule has 2 heterocycles. The minimum atomic E-state index is -0.182. The molecule has 19 heavy (non-hydrogen) atoms. The molecule has 0 aromatic carbocycles. The summed E-state index contributed by atoms with van der Waals surface area (Å²) in [6.45, 7) is 1.17. The smallest absolute Gasteiger partial charge is 0.198 e. The predicted molar refractivity (Wildman–Crippen MR) is 73.7 cm³/mol.